The first kappa shape index (κ1) is 16.7. The molecule has 1 N–H and O–H groups in total. The van der Waals surface area contributed by atoms with Gasteiger partial charge in [0.25, 0.3) is 5.91 Å². The first-order chi connectivity index (χ1) is 12.2. The van der Waals surface area contributed by atoms with E-state index in [4.69, 9.17) is 9.26 Å². The smallest absolute Gasteiger partial charge is 0.254 e. The molecule has 0 atom stereocenters. The third kappa shape index (κ3) is 4.03. The summed E-state index contributed by atoms with van der Waals surface area (Å²) in [5.41, 5.74) is 1.58. The van der Waals surface area contributed by atoms with Gasteiger partial charge in [0.05, 0.1) is 18.4 Å². The molecule has 5 nitrogen and oxygen atoms in total. The fourth-order valence-corrected chi connectivity index (χ4v) is 2.39. The van der Waals surface area contributed by atoms with Gasteiger partial charge in [0, 0.05) is 24.6 Å². The minimum absolute atomic E-state index is 0.0275. The van der Waals surface area contributed by atoms with Crippen molar-refractivity contribution in [3.05, 3.63) is 71.7 Å². The van der Waals surface area contributed by atoms with Crippen LogP contribution in [0.25, 0.3) is 11.3 Å². The van der Waals surface area contributed by atoms with Crippen molar-refractivity contribution in [2.24, 2.45) is 0 Å². The Labute approximate surface area is 144 Å². The summed E-state index contributed by atoms with van der Waals surface area (Å²) in [6.07, 6.45) is 0.480. The lowest BCUT2D eigenvalue weighted by Gasteiger charge is -2.04. The van der Waals surface area contributed by atoms with Crippen LogP contribution in [0.1, 0.15) is 16.1 Å². The normalized spacial score (nSPS) is 10.5. The third-order valence-corrected chi connectivity index (χ3v) is 3.70. The van der Waals surface area contributed by atoms with Gasteiger partial charge in [-0.05, 0) is 24.3 Å². The summed E-state index contributed by atoms with van der Waals surface area (Å²) < 4.78 is 24.1. The number of benzene rings is 2. The molecule has 1 heterocycles. The van der Waals surface area contributed by atoms with E-state index < -0.39 is 11.7 Å². The summed E-state index contributed by atoms with van der Waals surface area (Å²) in [6.45, 7) is 0.331. The Balaban J connectivity index is 1.59. The topological polar surface area (TPSA) is 64.4 Å². The Morgan fingerprint density at radius 3 is 2.84 bits per heavy atom. The average molecular weight is 340 g/mol. The summed E-state index contributed by atoms with van der Waals surface area (Å²) >= 11 is 0. The Morgan fingerprint density at radius 2 is 2.04 bits per heavy atom. The predicted octanol–water partition coefficient (Wildman–Crippen LogP) is 3.46. The number of carbonyl (C=O) groups is 1. The second-order valence-electron chi connectivity index (χ2n) is 5.40. The molecule has 1 aromatic heterocycles. The van der Waals surface area contributed by atoms with E-state index in [1.807, 2.05) is 30.3 Å². The lowest BCUT2D eigenvalue weighted by atomic mass is 10.1. The van der Waals surface area contributed by atoms with E-state index in [9.17, 15) is 9.18 Å². The number of aromatic nitrogens is 1. The number of methoxy groups -OCH3 is 1. The second-order valence-corrected chi connectivity index (χ2v) is 5.40. The van der Waals surface area contributed by atoms with E-state index in [-0.39, 0.29) is 5.56 Å². The molecule has 0 unspecified atom stereocenters. The fourth-order valence-electron chi connectivity index (χ4n) is 2.39. The van der Waals surface area contributed by atoms with Crippen LogP contribution in [0, 0.1) is 5.82 Å². The lowest BCUT2D eigenvalue weighted by molar-refractivity contribution is 0.0950. The maximum atomic E-state index is 13.5. The maximum absolute atomic E-state index is 13.5. The van der Waals surface area contributed by atoms with Crippen LogP contribution in [0.4, 0.5) is 4.39 Å². The monoisotopic (exact) mass is 340 g/mol. The largest absolute Gasteiger partial charge is 0.497 e. The summed E-state index contributed by atoms with van der Waals surface area (Å²) in [6, 6.07) is 15.1. The van der Waals surface area contributed by atoms with Gasteiger partial charge in [-0.2, -0.15) is 0 Å². The zero-order chi connectivity index (χ0) is 17.6. The van der Waals surface area contributed by atoms with Crippen LogP contribution in [-0.4, -0.2) is 24.7 Å². The van der Waals surface area contributed by atoms with Crippen molar-refractivity contribution in [1.29, 1.82) is 0 Å². The van der Waals surface area contributed by atoms with Crippen LogP contribution in [0.15, 0.2) is 59.1 Å². The first-order valence-electron chi connectivity index (χ1n) is 7.80. The van der Waals surface area contributed by atoms with Gasteiger partial charge in [0.2, 0.25) is 0 Å². The number of nitrogens with zero attached hydrogens (tertiary/aromatic N) is 1. The molecule has 0 saturated carbocycles. The first-order valence-corrected chi connectivity index (χ1v) is 7.80. The molecule has 0 saturated heterocycles. The standard InChI is InChI=1S/C19H17FN2O3/c1-24-15-6-4-5-13(11-15)18-12-14(22-25-18)9-10-21-19(23)16-7-2-3-8-17(16)20/h2-8,11-12H,9-10H2,1H3,(H,21,23). The highest BCUT2D eigenvalue weighted by molar-refractivity contribution is 5.94. The highest BCUT2D eigenvalue weighted by Gasteiger charge is 2.11. The number of ether oxygens (including phenoxy) is 1. The quantitative estimate of drug-likeness (QED) is 0.746. The maximum Gasteiger partial charge on any atom is 0.254 e. The van der Waals surface area contributed by atoms with Crippen LogP contribution < -0.4 is 10.1 Å². The number of amides is 1. The molecule has 0 spiro atoms. The van der Waals surface area contributed by atoms with Crippen molar-refractivity contribution in [1.82, 2.24) is 10.5 Å². The van der Waals surface area contributed by atoms with E-state index in [0.29, 0.717) is 24.4 Å². The van der Waals surface area contributed by atoms with Crippen molar-refractivity contribution in [3.63, 3.8) is 0 Å². The van der Waals surface area contributed by atoms with Gasteiger partial charge in [-0.15, -0.1) is 0 Å². The number of nitrogens with one attached hydrogen (secondary N) is 1. The molecule has 6 heteroatoms. The molecule has 2 aromatic carbocycles. The summed E-state index contributed by atoms with van der Waals surface area (Å²) in [4.78, 5) is 11.9. The van der Waals surface area contributed by atoms with Gasteiger partial charge in [-0.3, -0.25) is 4.79 Å². The molecular formula is C19H17FN2O3. The van der Waals surface area contributed by atoms with E-state index in [2.05, 4.69) is 10.5 Å². The molecule has 25 heavy (non-hydrogen) atoms. The summed E-state index contributed by atoms with van der Waals surface area (Å²) in [5.74, 6) is 0.360. The number of hydrogen-bond donors (Lipinski definition) is 1. The summed E-state index contributed by atoms with van der Waals surface area (Å²) in [5, 5.41) is 6.67. The van der Waals surface area contributed by atoms with E-state index in [0.717, 1.165) is 11.3 Å². The van der Waals surface area contributed by atoms with E-state index in [1.165, 1.54) is 12.1 Å². The second kappa shape index (κ2) is 7.61. The molecule has 0 aliphatic rings. The molecule has 1 amide bonds. The average Bonchev–Trinajstić information content (AvgIpc) is 3.11. The van der Waals surface area contributed by atoms with Crippen LogP contribution in [0.2, 0.25) is 0 Å². The lowest BCUT2D eigenvalue weighted by Crippen LogP contribution is -2.26. The third-order valence-electron chi connectivity index (χ3n) is 3.70. The van der Waals surface area contributed by atoms with Gasteiger partial charge >= 0.3 is 0 Å². The van der Waals surface area contributed by atoms with Gasteiger partial charge in [-0.25, -0.2) is 4.39 Å². The van der Waals surface area contributed by atoms with Gasteiger partial charge < -0.3 is 14.6 Å². The molecular weight excluding hydrogens is 323 g/mol. The fraction of sp³-hybridized carbons (Fsp3) is 0.158. The SMILES string of the molecule is COc1cccc(-c2cc(CCNC(=O)c3ccccc3F)no2)c1. The van der Waals surface area contributed by atoms with Crippen molar-refractivity contribution in [2.75, 3.05) is 13.7 Å². The van der Waals surface area contributed by atoms with Gasteiger partial charge in [0.15, 0.2) is 5.76 Å². The number of hydrogen-bond acceptors (Lipinski definition) is 4. The van der Waals surface area contributed by atoms with E-state index in [1.54, 1.807) is 19.2 Å². The minimum atomic E-state index is -0.540. The zero-order valence-corrected chi connectivity index (χ0v) is 13.7. The van der Waals surface area contributed by atoms with Crippen molar-refractivity contribution < 1.29 is 18.4 Å². The number of carbonyl (C=O) groups excluding carboxylic acids is 1. The molecule has 0 fully saturated rings. The van der Waals surface area contributed by atoms with Crippen LogP contribution in [0.5, 0.6) is 5.75 Å². The van der Waals surface area contributed by atoms with Crippen molar-refractivity contribution in [2.45, 2.75) is 6.42 Å². The van der Waals surface area contributed by atoms with Crippen LogP contribution >= 0.6 is 0 Å². The van der Waals surface area contributed by atoms with Crippen molar-refractivity contribution >= 4 is 5.91 Å². The molecule has 128 valence electrons. The Kier molecular flexibility index (Phi) is 5.09. The highest BCUT2D eigenvalue weighted by Crippen LogP contribution is 2.24. The number of halogens is 1. The molecule has 0 aliphatic carbocycles. The predicted molar refractivity (Wildman–Crippen MR) is 90.9 cm³/mol. The highest BCUT2D eigenvalue weighted by atomic mass is 19.1. The van der Waals surface area contributed by atoms with Crippen molar-refractivity contribution in [3.8, 4) is 17.1 Å². The zero-order valence-electron chi connectivity index (χ0n) is 13.7. The van der Waals surface area contributed by atoms with Crippen LogP contribution in [-0.2, 0) is 6.42 Å². The Morgan fingerprint density at radius 1 is 1.20 bits per heavy atom. The van der Waals surface area contributed by atoms with E-state index >= 15 is 0 Å². The molecule has 0 aliphatic heterocycles. The Hall–Kier alpha value is -3.15. The van der Waals surface area contributed by atoms with Gasteiger partial charge in [0.1, 0.15) is 11.6 Å². The molecule has 3 rings (SSSR count). The molecule has 3 aromatic rings. The van der Waals surface area contributed by atoms with Gasteiger partial charge in [-0.1, -0.05) is 29.4 Å². The molecule has 0 bridgehead atoms. The minimum Gasteiger partial charge on any atom is -0.497 e. The molecule has 0 radical (unpaired) electrons. The Bertz CT molecular complexity index is 876. The summed E-state index contributed by atoms with van der Waals surface area (Å²) in [7, 11) is 1.60. The van der Waals surface area contributed by atoms with Crippen LogP contribution in [0.3, 0.4) is 0 Å². The number of rotatable bonds is 6.